The summed E-state index contributed by atoms with van der Waals surface area (Å²) >= 11 is -2.80. The van der Waals surface area contributed by atoms with Crippen LogP contribution in [0.1, 0.15) is 11.1 Å². The Kier molecular flexibility index (Phi) is 1.95. The van der Waals surface area contributed by atoms with Gasteiger partial charge in [0.1, 0.15) is 0 Å². The van der Waals surface area contributed by atoms with Gasteiger partial charge in [0.25, 0.3) is 0 Å². The van der Waals surface area contributed by atoms with Crippen molar-refractivity contribution in [2.45, 2.75) is 13.1 Å². The normalized spacial score (nSPS) is 35.4. The van der Waals surface area contributed by atoms with E-state index in [9.17, 15) is 4.19 Å². The summed E-state index contributed by atoms with van der Waals surface area (Å²) in [6, 6.07) is 16.9. The second-order valence-electron chi connectivity index (χ2n) is 5.38. The van der Waals surface area contributed by atoms with Crippen LogP contribution in [0.2, 0.25) is 0 Å². The molecule has 2 aliphatic rings. The van der Waals surface area contributed by atoms with Gasteiger partial charge < -0.3 is 0 Å². The standard InChI is InChI=1S/C15H15NOSe/c1-16-10-12-6-2-4-8-14(12)18(16,17)15-9-5-3-7-13(15)11-16/h2-9H,10-11H2,1H3/p+1. The van der Waals surface area contributed by atoms with Crippen LogP contribution >= 0.6 is 0 Å². The number of quaternary nitrogens is 1. The summed E-state index contributed by atoms with van der Waals surface area (Å²) in [5, 5.41) is 0. The number of hydrogen-bond acceptors (Lipinski definition) is 1. The number of rotatable bonds is 0. The van der Waals surface area contributed by atoms with Crippen molar-refractivity contribution in [2.24, 2.45) is 0 Å². The molecule has 92 valence electrons. The average Bonchev–Trinajstić information content (AvgIpc) is 2.72. The fourth-order valence-electron chi connectivity index (χ4n) is 3.38. The predicted octanol–water partition coefficient (Wildman–Crippen LogP) is 0.709. The second-order valence-corrected chi connectivity index (χ2v) is 11.4. The number of fused-ring (bicyclic) bond motifs is 5. The molecule has 0 aliphatic carbocycles. The molecule has 2 nitrogen and oxygen atoms in total. The maximum absolute atomic E-state index is 11.5. The molecule has 0 fully saturated rings. The molecule has 0 saturated carbocycles. The van der Waals surface area contributed by atoms with Crippen LogP contribution < -0.4 is 8.92 Å². The zero-order chi connectivity index (χ0) is 12.4. The van der Waals surface area contributed by atoms with Gasteiger partial charge in [-0.25, -0.2) is 0 Å². The van der Waals surface area contributed by atoms with E-state index in [-0.39, 0.29) is 0 Å². The summed E-state index contributed by atoms with van der Waals surface area (Å²) in [6.45, 7) is 1.95. The van der Waals surface area contributed by atoms with E-state index in [0.717, 1.165) is 16.6 Å². The molecule has 1 N–H and O–H groups in total. The van der Waals surface area contributed by atoms with Crippen molar-refractivity contribution < 1.29 is 7.69 Å². The molecular weight excluding hydrogens is 289 g/mol. The molecule has 0 saturated heterocycles. The number of benzene rings is 2. The van der Waals surface area contributed by atoms with Gasteiger partial charge >= 0.3 is 110 Å². The molecule has 0 spiro atoms. The third-order valence-corrected chi connectivity index (χ3v) is 11.7. The molecule has 2 heterocycles. The van der Waals surface area contributed by atoms with E-state index in [1.165, 1.54) is 20.1 Å². The van der Waals surface area contributed by atoms with Crippen LogP contribution in [0.3, 0.4) is 0 Å². The van der Waals surface area contributed by atoms with Crippen molar-refractivity contribution in [2.75, 3.05) is 7.05 Å². The van der Waals surface area contributed by atoms with E-state index >= 15 is 0 Å². The Labute approximate surface area is 110 Å². The van der Waals surface area contributed by atoms with Crippen molar-refractivity contribution >= 4 is 22.3 Å². The fourth-order valence-corrected chi connectivity index (χ4v) is 10.5. The Morgan fingerprint density at radius 1 is 0.889 bits per heavy atom. The Hall–Kier alpha value is -1.12. The number of hydrogen-bond donors (Lipinski definition) is 1. The summed E-state index contributed by atoms with van der Waals surface area (Å²) < 4.78 is 14.8. The molecule has 2 aromatic carbocycles. The molecule has 0 bridgehead atoms. The molecule has 0 amide bonds. The Morgan fingerprint density at radius 2 is 1.33 bits per heavy atom. The summed E-state index contributed by atoms with van der Waals surface area (Å²) in [7, 11) is 2.22. The first-order valence-corrected chi connectivity index (χ1v) is 9.46. The van der Waals surface area contributed by atoms with Crippen LogP contribution in [0.4, 0.5) is 0 Å². The predicted molar refractivity (Wildman–Crippen MR) is 73.7 cm³/mol. The van der Waals surface area contributed by atoms with Crippen molar-refractivity contribution in [3.05, 3.63) is 59.7 Å². The van der Waals surface area contributed by atoms with Crippen LogP contribution in [-0.4, -0.2) is 28.1 Å². The van der Waals surface area contributed by atoms with Gasteiger partial charge in [-0.15, -0.1) is 0 Å². The van der Waals surface area contributed by atoms with Crippen molar-refractivity contribution in [1.82, 2.24) is 0 Å². The summed E-state index contributed by atoms with van der Waals surface area (Å²) in [5.74, 6) is 0. The van der Waals surface area contributed by atoms with Gasteiger partial charge in [0.2, 0.25) is 0 Å². The summed E-state index contributed by atoms with van der Waals surface area (Å²) in [5.41, 5.74) is 2.69. The molecule has 0 unspecified atom stereocenters. The topological polar surface area (TPSA) is 20.2 Å². The van der Waals surface area contributed by atoms with Crippen LogP contribution in [0.15, 0.2) is 48.5 Å². The summed E-state index contributed by atoms with van der Waals surface area (Å²) in [4.78, 5) is 0. The zero-order valence-electron chi connectivity index (χ0n) is 10.3. The van der Waals surface area contributed by atoms with Crippen LogP contribution in [0.25, 0.3) is 0 Å². The molecule has 0 aromatic heterocycles. The summed E-state index contributed by atoms with van der Waals surface area (Å²) in [6.07, 6.45) is 0. The van der Waals surface area contributed by atoms with Gasteiger partial charge in [-0.3, -0.25) is 0 Å². The van der Waals surface area contributed by atoms with Gasteiger partial charge in [0.05, 0.1) is 0 Å². The Morgan fingerprint density at radius 3 is 1.83 bits per heavy atom. The van der Waals surface area contributed by atoms with E-state index in [0.29, 0.717) is 0 Å². The van der Waals surface area contributed by atoms with E-state index in [2.05, 4.69) is 55.6 Å². The van der Waals surface area contributed by atoms with Gasteiger partial charge in [0.15, 0.2) is 0 Å². The molecule has 18 heavy (non-hydrogen) atoms. The fraction of sp³-hybridized carbons (Fsp3) is 0.200. The van der Waals surface area contributed by atoms with Gasteiger partial charge in [-0.05, 0) is 0 Å². The van der Waals surface area contributed by atoms with Crippen LogP contribution in [0, 0.1) is 0 Å². The second kappa shape index (κ2) is 3.25. The zero-order valence-corrected chi connectivity index (χ0v) is 12.0. The minimum atomic E-state index is -2.80. The maximum atomic E-state index is 11.5. The monoisotopic (exact) mass is 306 g/mol. The van der Waals surface area contributed by atoms with Crippen molar-refractivity contribution in [3.63, 3.8) is 0 Å². The molecule has 3 heteroatoms. The van der Waals surface area contributed by atoms with Crippen molar-refractivity contribution in [3.8, 4) is 0 Å². The SMILES string of the molecule is C[N+]12Cc3ccccc3[Se]1(O)c1ccccc1C2. The molecule has 0 radical (unpaired) electrons. The molecule has 2 aromatic rings. The van der Waals surface area contributed by atoms with E-state index in [1.54, 1.807) is 0 Å². The van der Waals surface area contributed by atoms with E-state index < -0.39 is 13.4 Å². The molecule has 4 rings (SSSR count). The van der Waals surface area contributed by atoms with Crippen LogP contribution in [-0.2, 0) is 13.1 Å². The first-order valence-electron chi connectivity index (χ1n) is 6.21. The van der Waals surface area contributed by atoms with Crippen molar-refractivity contribution in [1.29, 1.82) is 0 Å². The van der Waals surface area contributed by atoms with E-state index in [1.807, 2.05) is 0 Å². The van der Waals surface area contributed by atoms with E-state index in [4.69, 9.17) is 0 Å². The third-order valence-electron chi connectivity index (χ3n) is 4.21. The Balaban J connectivity index is 2.06. The van der Waals surface area contributed by atoms with Gasteiger partial charge in [-0.1, -0.05) is 0 Å². The van der Waals surface area contributed by atoms with Gasteiger partial charge in [0, 0.05) is 0 Å². The Bertz CT molecular complexity index is 603. The minimum absolute atomic E-state index is 0.815. The molecular formula is C15H16NOSe+. The number of nitrogens with zero attached hydrogens (tertiary/aromatic N) is 1. The molecule has 0 atom stereocenters. The van der Waals surface area contributed by atoms with Gasteiger partial charge in [-0.2, -0.15) is 0 Å². The van der Waals surface area contributed by atoms with Crippen LogP contribution in [0.5, 0.6) is 0 Å². The third kappa shape index (κ3) is 1.06. The first-order chi connectivity index (χ1) is 8.65. The molecule has 2 aliphatic heterocycles. The first kappa shape index (κ1) is 10.8. The average molecular weight is 305 g/mol. The quantitative estimate of drug-likeness (QED) is 0.711.